The molecule has 80 heavy (non-hydrogen) atoms. The summed E-state index contributed by atoms with van der Waals surface area (Å²) < 4.78 is 34.2. The van der Waals surface area contributed by atoms with E-state index in [9.17, 15) is 19.0 Å². The van der Waals surface area contributed by atoms with Crippen molar-refractivity contribution in [3.05, 3.63) is 170 Å². The Morgan fingerprint density at radius 2 is 0.675 bits per heavy atom. The van der Waals surface area contributed by atoms with Crippen molar-refractivity contribution in [1.82, 2.24) is 0 Å². The van der Waals surface area contributed by atoms with Crippen molar-refractivity contribution in [3.63, 3.8) is 0 Å². The summed E-state index contributed by atoms with van der Waals surface area (Å²) in [5.74, 6) is -0.894. The van der Waals surface area contributed by atoms with Crippen molar-refractivity contribution >= 4 is 19.8 Å². The molecule has 450 valence electrons. The lowest BCUT2D eigenvalue weighted by atomic mass is 10.1. The van der Waals surface area contributed by atoms with Crippen LogP contribution in [0, 0.1) is 0 Å². The molecule has 0 aliphatic heterocycles. The Balaban J connectivity index is 4.27. The van der Waals surface area contributed by atoms with Gasteiger partial charge in [-0.1, -0.05) is 235 Å². The molecule has 0 rings (SSSR count). The van der Waals surface area contributed by atoms with Crippen molar-refractivity contribution < 1.29 is 42.1 Å². The van der Waals surface area contributed by atoms with Gasteiger partial charge in [-0.3, -0.25) is 14.2 Å². The molecule has 0 bridgehead atoms. The maximum absolute atomic E-state index is 12.8. The number of carbonyl (C=O) groups is 2. The van der Waals surface area contributed by atoms with E-state index in [2.05, 4.69) is 184 Å². The number of nitrogens with zero attached hydrogens (tertiary/aromatic N) is 1. The molecule has 9 nitrogen and oxygen atoms in total. The third-order valence-electron chi connectivity index (χ3n) is 12.2. The lowest BCUT2D eigenvalue weighted by molar-refractivity contribution is -0.870. The first-order chi connectivity index (χ1) is 39.0. The minimum Gasteiger partial charge on any atom is -0.756 e. The molecule has 0 radical (unpaired) electrons. The summed E-state index contributed by atoms with van der Waals surface area (Å²) in [6, 6.07) is 0. The Bertz CT molecular complexity index is 1950. The summed E-state index contributed by atoms with van der Waals surface area (Å²) in [5, 5.41) is 0. The van der Waals surface area contributed by atoms with E-state index in [0.717, 1.165) is 135 Å². The molecule has 0 aromatic carbocycles. The molecule has 0 aliphatic carbocycles. The van der Waals surface area contributed by atoms with Crippen LogP contribution in [-0.4, -0.2) is 70.0 Å². The quantitative estimate of drug-likeness (QED) is 0.0195. The number of rotatable bonds is 54. The van der Waals surface area contributed by atoms with E-state index in [4.69, 9.17) is 18.5 Å². The van der Waals surface area contributed by atoms with Crippen LogP contribution in [0.25, 0.3) is 0 Å². The van der Waals surface area contributed by atoms with Gasteiger partial charge in [0.1, 0.15) is 19.8 Å². The van der Waals surface area contributed by atoms with E-state index in [1.807, 2.05) is 21.1 Å². The van der Waals surface area contributed by atoms with Crippen molar-refractivity contribution in [2.24, 2.45) is 0 Å². The fourth-order valence-electron chi connectivity index (χ4n) is 7.56. The topological polar surface area (TPSA) is 111 Å². The van der Waals surface area contributed by atoms with Gasteiger partial charge in [-0.25, -0.2) is 0 Å². The first-order valence-corrected chi connectivity index (χ1v) is 32.3. The van der Waals surface area contributed by atoms with Gasteiger partial charge < -0.3 is 27.9 Å². The van der Waals surface area contributed by atoms with Crippen molar-refractivity contribution in [2.75, 3.05) is 47.5 Å². The largest absolute Gasteiger partial charge is 0.756 e. The number of esters is 2. The number of carbonyl (C=O) groups excluding carboxylic acids is 2. The molecule has 0 aromatic heterocycles. The Morgan fingerprint density at radius 1 is 0.388 bits per heavy atom. The number of hydrogen-bond donors (Lipinski definition) is 0. The summed E-state index contributed by atoms with van der Waals surface area (Å²) in [7, 11) is 1.11. The Kier molecular flexibility index (Phi) is 55.6. The maximum Gasteiger partial charge on any atom is 0.306 e. The smallest absolute Gasteiger partial charge is 0.306 e. The number of quaternary nitrogens is 1. The second-order valence-electron chi connectivity index (χ2n) is 20.9. The number of hydrogen-bond acceptors (Lipinski definition) is 8. The van der Waals surface area contributed by atoms with Crippen molar-refractivity contribution in [1.29, 1.82) is 0 Å². The van der Waals surface area contributed by atoms with Gasteiger partial charge in [0.2, 0.25) is 0 Å². The van der Waals surface area contributed by atoms with Crippen LogP contribution >= 0.6 is 7.82 Å². The maximum atomic E-state index is 12.8. The average Bonchev–Trinajstić information content (AvgIpc) is 3.42. The van der Waals surface area contributed by atoms with E-state index >= 15 is 0 Å². The Morgan fingerprint density at radius 3 is 1.01 bits per heavy atom. The van der Waals surface area contributed by atoms with Gasteiger partial charge in [0, 0.05) is 12.8 Å². The minimum absolute atomic E-state index is 0.0482. The molecule has 0 spiro atoms. The summed E-state index contributed by atoms with van der Waals surface area (Å²) in [4.78, 5) is 38.0. The zero-order valence-corrected chi connectivity index (χ0v) is 51.8. The van der Waals surface area contributed by atoms with E-state index in [-0.39, 0.29) is 26.1 Å². The van der Waals surface area contributed by atoms with Crippen LogP contribution < -0.4 is 4.89 Å². The second kappa shape index (κ2) is 59.0. The molecule has 0 saturated heterocycles. The molecule has 0 N–H and O–H groups in total. The number of phosphoric ester groups is 1. The third-order valence-corrected chi connectivity index (χ3v) is 13.2. The molecule has 2 atom stereocenters. The highest BCUT2D eigenvalue weighted by Crippen LogP contribution is 2.38. The van der Waals surface area contributed by atoms with Crippen LogP contribution in [0.4, 0.5) is 0 Å². The number of phosphoric acid groups is 1. The standard InChI is InChI=1S/C70H112NO8P/c1-6-8-10-12-14-16-18-20-22-24-26-28-30-32-33-34-35-36-37-39-41-43-45-47-49-51-53-55-57-59-61-63-70(73)79-68(67-78-80(74,75)77-65-64-71(3,4)5)66-76-69(72)62-60-58-56-54-52-50-48-46-44-42-40-38-31-29-27-25-23-21-19-17-15-13-11-9-7-2/h8-11,14-17,20-23,26-29,32-33,35-36,38-41,44,46,50,52,68H,6-7,12-13,18-19,24-25,30-31,34,37,42-43,45,47-49,51,53-67H2,1-5H3/b10-8-,11-9-,16-14-,17-15-,22-20-,23-21-,28-26-,29-27-,33-32-,36-35-,40-38-,41-39-,46-44-,52-50-. The highest BCUT2D eigenvalue weighted by atomic mass is 31.2. The molecule has 0 amide bonds. The fraction of sp³-hybridized carbons (Fsp3) is 0.571. The molecule has 10 heteroatoms. The SMILES string of the molecule is CC/C=C\C/C=C\C/C=C\C/C=C\C/C=C\C/C=C\C/C=C\CCCCCCCCCCCC(=O)OC(COC(=O)CCCCC/C=C\C/C=C\C/C=C\C/C=C\C/C=C\C/C=C\C/C=C\CC)COP(=O)([O-])OCC[N+](C)(C)C. The predicted molar refractivity (Wildman–Crippen MR) is 341 cm³/mol. The predicted octanol–water partition coefficient (Wildman–Crippen LogP) is 19.2. The van der Waals surface area contributed by atoms with Crippen LogP contribution in [0.3, 0.4) is 0 Å². The lowest BCUT2D eigenvalue weighted by Crippen LogP contribution is -2.37. The van der Waals surface area contributed by atoms with E-state index in [1.54, 1.807) is 0 Å². The van der Waals surface area contributed by atoms with E-state index in [0.29, 0.717) is 23.9 Å². The first-order valence-electron chi connectivity index (χ1n) is 30.8. The Hall–Kier alpha value is -4.63. The lowest BCUT2D eigenvalue weighted by Gasteiger charge is -2.28. The summed E-state index contributed by atoms with van der Waals surface area (Å²) in [5.41, 5.74) is 0. The summed E-state index contributed by atoms with van der Waals surface area (Å²) in [6.45, 7) is 3.94. The fourth-order valence-corrected chi connectivity index (χ4v) is 8.28. The molecule has 0 heterocycles. The van der Waals surface area contributed by atoms with Gasteiger partial charge in [-0.2, -0.15) is 0 Å². The zero-order chi connectivity index (χ0) is 58.4. The van der Waals surface area contributed by atoms with Crippen LogP contribution in [0.1, 0.15) is 206 Å². The zero-order valence-electron chi connectivity index (χ0n) is 50.9. The highest BCUT2D eigenvalue weighted by molar-refractivity contribution is 7.45. The Labute approximate surface area is 489 Å². The molecule has 0 aromatic rings. The normalized spacial score (nSPS) is 14.4. The molecule has 2 unspecified atom stereocenters. The minimum atomic E-state index is -4.66. The van der Waals surface area contributed by atoms with Gasteiger partial charge in [0.05, 0.1) is 27.7 Å². The molecule has 0 saturated carbocycles. The second-order valence-corrected chi connectivity index (χ2v) is 22.4. The van der Waals surface area contributed by atoms with Crippen LogP contribution in [0.2, 0.25) is 0 Å². The summed E-state index contributed by atoms with van der Waals surface area (Å²) in [6.07, 6.45) is 89.7. The van der Waals surface area contributed by atoms with Crippen LogP contribution in [0.15, 0.2) is 170 Å². The number of allylic oxidation sites excluding steroid dienone is 28. The van der Waals surface area contributed by atoms with E-state index in [1.165, 1.54) is 32.1 Å². The van der Waals surface area contributed by atoms with Crippen LogP contribution in [-0.2, 0) is 32.7 Å². The molecule has 0 aliphatic rings. The first kappa shape index (κ1) is 75.4. The third kappa shape index (κ3) is 62.6. The monoisotopic (exact) mass is 1130 g/mol. The van der Waals surface area contributed by atoms with Crippen molar-refractivity contribution in [3.8, 4) is 0 Å². The molecular formula is C70H112NO8P. The van der Waals surface area contributed by atoms with Crippen molar-refractivity contribution in [2.45, 2.75) is 213 Å². The summed E-state index contributed by atoms with van der Waals surface area (Å²) >= 11 is 0. The molecule has 0 fully saturated rings. The molecular weight excluding hydrogens is 1010 g/mol. The van der Waals surface area contributed by atoms with Gasteiger partial charge >= 0.3 is 11.9 Å². The van der Waals surface area contributed by atoms with Gasteiger partial charge in [0.25, 0.3) is 7.82 Å². The average molecular weight is 1130 g/mol. The number of ether oxygens (including phenoxy) is 2. The van der Waals surface area contributed by atoms with E-state index < -0.39 is 32.5 Å². The number of unbranched alkanes of at least 4 members (excludes halogenated alkanes) is 12. The number of likely N-dealkylation sites (N-methyl/N-ethyl adjacent to an activating group) is 1. The van der Waals surface area contributed by atoms with Gasteiger partial charge in [-0.05, 0) is 128 Å². The highest BCUT2D eigenvalue weighted by Gasteiger charge is 2.21. The van der Waals surface area contributed by atoms with Gasteiger partial charge in [-0.15, -0.1) is 0 Å². The van der Waals surface area contributed by atoms with Crippen LogP contribution in [0.5, 0.6) is 0 Å². The van der Waals surface area contributed by atoms with Gasteiger partial charge in [0.15, 0.2) is 6.10 Å².